The van der Waals surface area contributed by atoms with Crippen LogP contribution in [0, 0.1) is 17.0 Å². The van der Waals surface area contributed by atoms with Gasteiger partial charge in [0.15, 0.2) is 0 Å². The topological polar surface area (TPSA) is 55.2 Å². The molecule has 1 atom stereocenters. The number of nitrogens with one attached hydrogen (secondary N) is 1. The molecule has 1 unspecified atom stereocenters. The molecule has 16 heavy (non-hydrogen) atoms. The number of non-ortho nitro benzene ring substituents is 1. The predicted octanol–water partition coefficient (Wildman–Crippen LogP) is 2.44. The second-order valence-electron chi connectivity index (χ2n) is 3.97. The first-order chi connectivity index (χ1) is 7.58. The summed E-state index contributed by atoms with van der Waals surface area (Å²) in [5.74, 6) is 0. The maximum atomic E-state index is 10.6. The molecule has 1 aromatic carbocycles. The highest BCUT2D eigenvalue weighted by Gasteiger charge is 2.10. The number of nitrogens with zero attached hydrogens (tertiary/aromatic N) is 1. The fraction of sp³-hybridized carbons (Fsp3) is 0.500. The van der Waals surface area contributed by atoms with Gasteiger partial charge in [-0.2, -0.15) is 0 Å². The minimum Gasteiger partial charge on any atom is -0.317 e. The van der Waals surface area contributed by atoms with Crippen molar-refractivity contribution in [3.63, 3.8) is 0 Å². The third kappa shape index (κ3) is 3.03. The van der Waals surface area contributed by atoms with Crippen LogP contribution in [0.5, 0.6) is 0 Å². The van der Waals surface area contributed by atoms with Gasteiger partial charge in [0, 0.05) is 18.2 Å². The fourth-order valence-corrected chi connectivity index (χ4v) is 1.74. The van der Waals surface area contributed by atoms with Crippen molar-refractivity contribution < 1.29 is 4.92 Å². The number of aryl methyl sites for hydroxylation is 1. The van der Waals surface area contributed by atoms with Crippen LogP contribution in [0.2, 0.25) is 0 Å². The summed E-state index contributed by atoms with van der Waals surface area (Å²) in [6.07, 6.45) is 1.96. The van der Waals surface area contributed by atoms with Crippen molar-refractivity contribution >= 4 is 5.69 Å². The molecule has 0 radical (unpaired) electrons. The van der Waals surface area contributed by atoms with Crippen molar-refractivity contribution in [3.8, 4) is 0 Å². The number of likely N-dealkylation sites (N-methyl/N-ethyl adjacent to an activating group) is 1. The first-order valence-corrected chi connectivity index (χ1v) is 5.49. The number of rotatable bonds is 5. The molecule has 0 aromatic heterocycles. The summed E-state index contributed by atoms with van der Waals surface area (Å²) < 4.78 is 0. The predicted molar refractivity (Wildman–Crippen MR) is 64.7 cm³/mol. The molecule has 0 saturated carbocycles. The van der Waals surface area contributed by atoms with E-state index in [-0.39, 0.29) is 10.6 Å². The highest BCUT2D eigenvalue weighted by molar-refractivity contribution is 5.39. The normalized spacial score (nSPS) is 12.4. The molecule has 0 spiro atoms. The standard InChI is InChI=1S/C12H18N2O2/c1-4-11(13-3)8-10-5-6-12(14(15)16)7-9(10)2/h5-7,11,13H,4,8H2,1-3H3. The zero-order chi connectivity index (χ0) is 12.1. The van der Waals surface area contributed by atoms with Gasteiger partial charge in [-0.15, -0.1) is 0 Å². The van der Waals surface area contributed by atoms with Crippen molar-refractivity contribution in [2.75, 3.05) is 7.05 Å². The molecular weight excluding hydrogens is 204 g/mol. The molecule has 1 N–H and O–H groups in total. The summed E-state index contributed by atoms with van der Waals surface area (Å²) >= 11 is 0. The van der Waals surface area contributed by atoms with Gasteiger partial charge in [-0.3, -0.25) is 10.1 Å². The Balaban J connectivity index is 2.86. The second-order valence-corrected chi connectivity index (χ2v) is 3.97. The summed E-state index contributed by atoms with van der Waals surface area (Å²) in [5, 5.41) is 13.8. The molecule has 4 heteroatoms. The largest absolute Gasteiger partial charge is 0.317 e. The van der Waals surface area contributed by atoms with Gasteiger partial charge in [0.1, 0.15) is 0 Å². The Morgan fingerprint density at radius 1 is 1.50 bits per heavy atom. The van der Waals surface area contributed by atoms with Gasteiger partial charge in [0.05, 0.1) is 4.92 Å². The number of benzene rings is 1. The van der Waals surface area contributed by atoms with Crippen LogP contribution in [0.4, 0.5) is 5.69 Å². The number of nitro groups is 1. The van der Waals surface area contributed by atoms with E-state index in [1.54, 1.807) is 12.1 Å². The summed E-state index contributed by atoms with van der Waals surface area (Å²) in [4.78, 5) is 10.2. The molecule has 1 rings (SSSR count). The van der Waals surface area contributed by atoms with Gasteiger partial charge in [0.25, 0.3) is 5.69 Å². The van der Waals surface area contributed by atoms with E-state index in [9.17, 15) is 10.1 Å². The van der Waals surface area contributed by atoms with Crippen LogP contribution >= 0.6 is 0 Å². The molecule has 1 aromatic rings. The van der Waals surface area contributed by atoms with Crippen molar-refractivity contribution in [2.24, 2.45) is 0 Å². The van der Waals surface area contributed by atoms with Crippen LogP contribution in [0.15, 0.2) is 18.2 Å². The Morgan fingerprint density at radius 2 is 2.19 bits per heavy atom. The molecule has 0 aliphatic heterocycles. The van der Waals surface area contributed by atoms with E-state index >= 15 is 0 Å². The molecular formula is C12H18N2O2. The van der Waals surface area contributed by atoms with Crippen LogP contribution < -0.4 is 5.32 Å². The lowest BCUT2D eigenvalue weighted by Gasteiger charge is -2.15. The van der Waals surface area contributed by atoms with E-state index in [1.165, 1.54) is 5.56 Å². The molecule has 0 heterocycles. The molecule has 0 fully saturated rings. The lowest BCUT2D eigenvalue weighted by molar-refractivity contribution is -0.384. The van der Waals surface area contributed by atoms with Crippen LogP contribution in [0.3, 0.4) is 0 Å². The van der Waals surface area contributed by atoms with E-state index in [2.05, 4.69) is 12.2 Å². The average molecular weight is 222 g/mol. The van der Waals surface area contributed by atoms with E-state index in [4.69, 9.17) is 0 Å². The van der Waals surface area contributed by atoms with Crippen molar-refractivity contribution in [1.82, 2.24) is 5.32 Å². The lowest BCUT2D eigenvalue weighted by atomic mass is 9.99. The molecule has 0 bridgehead atoms. The first-order valence-electron chi connectivity index (χ1n) is 5.49. The van der Waals surface area contributed by atoms with E-state index < -0.39 is 0 Å². The molecule has 4 nitrogen and oxygen atoms in total. The minimum absolute atomic E-state index is 0.166. The number of hydrogen-bond donors (Lipinski definition) is 1. The van der Waals surface area contributed by atoms with Crippen LogP contribution in [0.1, 0.15) is 24.5 Å². The molecule has 0 saturated heterocycles. The van der Waals surface area contributed by atoms with Gasteiger partial charge >= 0.3 is 0 Å². The Hall–Kier alpha value is -1.42. The Bertz CT molecular complexity index is 373. The molecule has 0 aliphatic rings. The Morgan fingerprint density at radius 3 is 2.62 bits per heavy atom. The Kier molecular flexibility index (Phi) is 4.43. The van der Waals surface area contributed by atoms with Crippen molar-refractivity contribution in [1.29, 1.82) is 0 Å². The number of hydrogen-bond acceptors (Lipinski definition) is 3. The highest BCUT2D eigenvalue weighted by Crippen LogP contribution is 2.18. The van der Waals surface area contributed by atoms with Gasteiger partial charge in [0.2, 0.25) is 0 Å². The van der Waals surface area contributed by atoms with Crippen molar-refractivity contribution in [2.45, 2.75) is 32.7 Å². The summed E-state index contributed by atoms with van der Waals surface area (Å²) in [5.41, 5.74) is 2.33. The van der Waals surface area contributed by atoms with Gasteiger partial charge in [-0.25, -0.2) is 0 Å². The van der Waals surface area contributed by atoms with Crippen molar-refractivity contribution in [3.05, 3.63) is 39.4 Å². The van der Waals surface area contributed by atoms with Crippen LogP contribution in [-0.4, -0.2) is 18.0 Å². The van der Waals surface area contributed by atoms with Crippen LogP contribution in [-0.2, 0) is 6.42 Å². The third-order valence-electron chi connectivity index (χ3n) is 2.90. The van der Waals surface area contributed by atoms with Gasteiger partial charge < -0.3 is 5.32 Å². The highest BCUT2D eigenvalue weighted by atomic mass is 16.6. The minimum atomic E-state index is -0.355. The fourth-order valence-electron chi connectivity index (χ4n) is 1.74. The quantitative estimate of drug-likeness (QED) is 0.615. The lowest BCUT2D eigenvalue weighted by Crippen LogP contribution is -2.26. The second kappa shape index (κ2) is 5.61. The van der Waals surface area contributed by atoms with E-state index in [0.717, 1.165) is 18.4 Å². The Labute approximate surface area is 95.8 Å². The average Bonchev–Trinajstić information content (AvgIpc) is 2.27. The monoisotopic (exact) mass is 222 g/mol. The maximum absolute atomic E-state index is 10.6. The summed E-state index contributed by atoms with van der Waals surface area (Å²) in [6, 6.07) is 5.50. The summed E-state index contributed by atoms with van der Waals surface area (Å²) in [7, 11) is 1.94. The first kappa shape index (κ1) is 12.6. The van der Waals surface area contributed by atoms with E-state index in [0.29, 0.717) is 6.04 Å². The zero-order valence-corrected chi connectivity index (χ0v) is 9.99. The van der Waals surface area contributed by atoms with Crippen LogP contribution in [0.25, 0.3) is 0 Å². The van der Waals surface area contributed by atoms with Gasteiger partial charge in [-0.05, 0) is 37.9 Å². The molecule has 88 valence electrons. The number of nitro benzene ring substituents is 1. The molecule has 0 aliphatic carbocycles. The summed E-state index contributed by atoms with van der Waals surface area (Å²) in [6.45, 7) is 4.05. The zero-order valence-electron chi connectivity index (χ0n) is 9.99. The smallest absolute Gasteiger partial charge is 0.269 e. The van der Waals surface area contributed by atoms with E-state index in [1.807, 2.05) is 20.0 Å². The third-order valence-corrected chi connectivity index (χ3v) is 2.90. The molecule has 0 amide bonds. The maximum Gasteiger partial charge on any atom is 0.269 e. The SMILES string of the molecule is CCC(Cc1ccc([N+](=O)[O-])cc1C)NC. The van der Waals surface area contributed by atoms with Gasteiger partial charge in [-0.1, -0.05) is 13.0 Å².